The van der Waals surface area contributed by atoms with E-state index in [2.05, 4.69) is 18.1 Å². The van der Waals surface area contributed by atoms with Gasteiger partial charge in [-0.3, -0.25) is 18.1 Å². The molecule has 1 rings (SSSR count). The molecule has 168 valence electrons. The molecule has 0 aromatic carbocycles. The van der Waals surface area contributed by atoms with E-state index in [1.165, 1.54) is 0 Å². The predicted molar refractivity (Wildman–Crippen MR) is 79.7 cm³/mol. The maximum absolute atomic E-state index is 11.1. The number of aliphatic hydroxyl groups excluding tert-OH is 2. The number of phosphoric acid groups is 4. The lowest BCUT2D eigenvalue weighted by molar-refractivity contribution is -0.208. The van der Waals surface area contributed by atoms with Crippen LogP contribution in [0.15, 0.2) is 0 Å². The fraction of sp³-hybridized carbons (Fsp3) is 1.00. The first-order chi connectivity index (χ1) is 12.2. The summed E-state index contributed by atoms with van der Waals surface area (Å²) in [6, 6.07) is 0. The first-order valence-corrected chi connectivity index (χ1v) is 12.6. The number of hydrogen-bond donors (Lipinski definition) is 10. The van der Waals surface area contributed by atoms with Crippen molar-refractivity contribution in [2.75, 3.05) is 0 Å². The Morgan fingerprint density at radius 2 is 0.643 bits per heavy atom. The molecule has 0 aromatic heterocycles. The third-order valence-electron chi connectivity index (χ3n) is 3.03. The molecule has 0 spiro atoms. The smallest absolute Gasteiger partial charge is 0.387 e. The van der Waals surface area contributed by atoms with E-state index in [-0.39, 0.29) is 0 Å². The van der Waals surface area contributed by atoms with Gasteiger partial charge in [-0.15, -0.1) is 0 Å². The van der Waals surface area contributed by atoms with Gasteiger partial charge in [0.25, 0.3) is 0 Å². The second kappa shape index (κ2) is 8.85. The summed E-state index contributed by atoms with van der Waals surface area (Å²) in [6.45, 7) is 0. The Bertz CT molecular complexity index is 688. The van der Waals surface area contributed by atoms with E-state index in [1.54, 1.807) is 0 Å². The highest BCUT2D eigenvalue weighted by Gasteiger charge is 2.58. The normalized spacial score (nSPS) is 33.1. The van der Waals surface area contributed by atoms with Crippen LogP contribution in [0.5, 0.6) is 0 Å². The van der Waals surface area contributed by atoms with Gasteiger partial charge in [0.2, 0.25) is 0 Å². The molecule has 0 aromatic rings. The van der Waals surface area contributed by atoms with E-state index in [0.29, 0.717) is 0 Å². The minimum Gasteiger partial charge on any atom is -0.387 e. The third kappa shape index (κ3) is 8.62. The Kier molecular flexibility index (Phi) is 8.34. The quantitative estimate of drug-likeness (QED) is 0.145. The lowest BCUT2D eigenvalue weighted by atomic mass is 9.85. The Balaban J connectivity index is 3.50. The molecule has 0 aliphatic heterocycles. The average Bonchev–Trinajstić information content (AvgIpc) is 2.39. The monoisotopic (exact) mass is 500 g/mol. The molecule has 6 atom stereocenters. The topological polar surface area (TPSA) is 308 Å². The molecule has 1 fully saturated rings. The molecule has 22 heteroatoms. The van der Waals surface area contributed by atoms with Crippen LogP contribution in [0.25, 0.3) is 0 Å². The van der Waals surface area contributed by atoms with Crippen molar-refractivity contribution in [1.82, 2.24) is 0 Å². The van der Waals surface area contributed by atoms with E-state index >= 15 is 0 Å². The molecule has 0 unspecified atom stereocenters. The minimum atomic E-state index is -5.64. The minimum absolute atomic E-state index is 2.56. The summed E-state index contributed by atoms with van der Waals surface area (Å²) in [6.07, 6.45) is -15.9. The van der Waals surface area contributed by atoms with E-state index in [0.717, 1.165) is 0 Å². The van der Waals surface area contributed by atoms with Gasteiger partial charge in [0.15, 0.2) is 0 Å². The maximum atomic E-state index is 11.1. The van der Waals surface area contributed by atoms with Crippen LogP contribution >= 0.6 is 31.3 Å². The Labute approximate surface area is 154 Å². The van der Waals surface area contributed by atoms with Crippen molar-refractivity contribution in [2.45, 2.75) is 36.6 Å². The lowest BCUT2D eigenvalue weighted by Gasteiger charge is -2.45. The lowest BCUT2D eigenvalue weighted by Crippen LogP contribution is -2.65. The Morgan fingerprint density at radius 3 is 0.893 bits per heavy atom. The first kappa shape index (κ1) is 26.4. The Morgan fingerprint density at radius 1 is 0.429 bits per heavy atom. The highest BCUT2D eigenvalue weighted by molar-refractivity contribution is 7.47. The summed E-state index contributed by atoms with van der Waals surface area (Å²) in [7, 11) is -22.4. The van der Waals surface area contributed by atoms with Crippen molar-refractivity contribution in [3.05, 3.63) is 0 Å². The van der Waals surface area contributed by atoms with Gasteiger partial charge in [-0.05, 0) is 0 Å². The van der Waals surface area contributed by atoms with Gasteiger partial charge in [-0.25, -0.2) is 18.3 Å². The van der Waals surface area contributed by atoms with E-state index in [9.17, 15) is 28.5 Å². The van der Waals surface area contributed by atoms with Gasteiger partial charge in [0.1, 0.15) is 36.6 Å². The van der Waals surface area contributed by atoms with Crippen LogP contribution in [0, 0.1) is 0 Å². The number of phosphoric ester groups is 4. The molecule has 0 amide bonds. The number of hydrogen-bond acceptors (Lipinski definition) is 10. The van der Waals surface area contributed by atoms with E-state index in [4.69, 9.17) is 39.1 Å². The van der Waals surface area contributed by atoms with Crippen molar-refractivity contribution in [3.63, 3.8) is 0 Å². The van der Waals surface area contributed by atoms with E-state index < -0.39 is 67.9 Å². The molecule has 1 aliphatic rings. The SMILES string of the molecule is O=P(O)(O)O[C@H]1[C@H](O)[C@@H](OP(=O)(O)O)[C@H](OP(=O)(O)O)[C@@H](OP(=O)(O)O)[C@H]1O. The first-order valence-electron chi connectivity index (χ1n) is 6.52. The van der Waals surface area contributed by atoms with Crippen LogP contribution in [-0.2, 0) is 36.4 Å². The standard InChI is InChI=1S/C6H16O18P4/c7-1-3(21-25(9,10)11)2(8)5(23-27(15,16)17)6(24-28(18,19)20)4(1)22-26(12,13)14/h1-8H,(H2,9,10,11)(H2,12,13,14)(H2,15,16,17)(H2,18,19,20)/t1-,2-,3-,4+,5-,6-/m0/s1. The molecule has 0 heterocycles. The van der Waals surface area contributed by atoms with Gasteiger partial charge in [0, 0.05) is 0 Å². The van der Waals surface area contributed by atoms with Crippen molar-refractivity contribution in [1.29, 1.82) is 0 Å². The zero-order valence-corrected chi connectivity index (χ0v) is 16.6. The maximum Gasteiger partial charge on any atom is 0.470 e. The van der Waals surface area contributed by atoms with Crippen LogP contribution in [-0.4, -0.2) is 86.0 Å². The van der Waals surface area contributed by atoms with Gasteiger partial charge >= 0.3 is 31.3 Å². The highest BCUT2D eigenvalue weighted by atomic mass is 31.2. The average molecular weight is 500 g/mol. The third-order valence-corrected chi connectivity index (χ3v) is 5.10. The molecule has 0 radical (unpaired) electrons. The van der Waals surface area contributed by atoms with Gasteiger partial charge in [-0.2, -0.15) is 0 Å². The largest absolute Gasteiger partial charge is 0.470 e. The zero-order valence-electron chi connectivity index (χ0n) is 13.0. The summed E-state index contributed by atoms with van der Waals surface area (Å²) in [5.74, 6) is 0. The second-order valence-corrected chi connectivity index (χ2v) is 9.99. The summed E-state index contributed by atoms with van der Waals surface area (Å²) < 4.78 is 60.5. The van der Waals surface area contributed by atoms with Gasteiger partial charge in [-0.1, -0.05) is 0 Å². The van der Waals surface area contributed by atoms with Crippen LogP contribution in [0.2, 0.25) is 0 Å². The molecular formula is C6H16O18P4. The molecule has 28 heavy (non-hydrogen) atoms. The number of rotatable bonds is 8. The highest BCUT2D eigenvalue weighted by Crippen LogP contribution is 2.52. The molecule has 1 saturated carbocycles. The summed E-state index contributed by atoms with van der Waals surface area (Å²) >= 11 is 0. The van der Waals surface area contributed by atoms with E-state index in [1.807, 2.05) is 0 Å². The molecule has 18 nitrogen and oxygen atoms in total. The second-order valence-electron chi connectivity index (χ2n) is 5.22. The van der Waals surface area contributed by atoms with Crippen LogP contribution in [0.4, 0.5) is 0 Å². The predicted octanol–water partition coefficient (Wildman–Crippen LogP) is -3.37. The summed E-state index contributed by atoms with van der Waals surface area (Å²) in [4.78, 5) is 71.0. The van der Waals surface area contributed by atoms with Crippen LogP contribution in [0.3, 0.4) is 0 Å². The summed E-state index contributed by atoms with van der Waals surface area (Å²) in [5.41, 5.74) is 0. The van der Waals surface area contributed by atoms with Crippen molar-refractivity contribution in [2.24, 2.45) is 0 Å². The molecule has 10 N–H and O–H groups in total. The molecular weight excluding hydrogens is 484 g/mol. The Hall–Kier alpha value is 0.360. The number of aliphatic hydroxyl groups is 2. The van der Waals surface area contributed by atoms with Crippen LogP contribution in [0.1, 0.15) is 0 Å². The fourth-order valence-electron chi connectivity index (χ4n) is 2.28. The van der Waals surface area contributed by atoms with Crippen molar-refractivity contribution >= 4 is 31.3 Å². The fourth-order valence-corrected chi connectivity index (χ4v) is 4.52. The zero-order chi connectivity index (χ0) is 22.3. The molecule has 1 aliphatic carbocycles. The molecule has 0 saturated heterocycles. The summed E-state index contributed by atoms with van der Waals surface area (Å²) in [5, 5.41) is 20.1. The van der Waals surface area contributed by atoms with Crippen LogP contribution < -0.4 is 0 Å². The van der Waals surface area contributed by atoms with Crippen molar-refractivity contribution < 1.29 is 85.7 Å². The van der Waals surface area contributed by atoms with Crippen molar-refractivity contribution in [3.8, 4) is 0 Å². The van der Waals surface area contributed by atoms with Gasteiger partial charge in [0.05, 0.1) is 0 Å². The van der Waals surface area contributed by atoms with Gasteiger partial charge < -0.3 is 49.4 Å². The molecule has 0 bridgehead atoms.